The number of rotatable bonds is 3. The largest absolute Gasteiger partial charge is 0.334 e. The Morgan fingerprint density at radius 3 is 2.55 bits per heavy atom. The minimum absolute atomic E-state index is 0.169. The molecule has 1 heterocycles. The van der Waals surface area contributed by atoms with Gasteiger partial charge in [-0.1, -0.05) is 29.3 Å². The molecule has 0 N–H and O–H groups in total. The molecule has 8 heteroatoms. The molecule has 4 nitrogen and oxygen atoms in total. The smallest absolute Gasteiger partial charge is 0.307 e. The van der Waals surface area contributed by atoms with Crippen LogP contribution >= 0.6 is 23.2 Å². The van der Waals surface area contributed by atoms with Crippen LogP contribution in [-0.2, 0) is 15.0 Å². The Morgan fingerprint density at radius 1 is 1.40 bits per heavy atom. The number of likely N-dealkylation sites (tertiary alicyclic amines) is 1. The molecule has 2 rings (SSSR count). The number of carbonyl (C=O) groups is 1. The zero-order valence-corrected chi connectivity index (χ0v) is 12.8. The third-order valence-corrected chi connectivity index (χ3v) is 5.08. The van der Waals surface area contributed by atoms with Crippen LogP contribution in [-0.4, -0.2) is 31.0 Å². The van der Waals surface area contributed by atoms with E-state index in [-0.39, 0.29) is 13.0 Å². The summed E-state index contributed by atoms with van der Waals surface area (Å²) in [6, 6.07) is 4.39. The van der Waals surface area contributed by atoms with Gasteiger partial charge in [0.2, 0.25) is 5.91 Å². The summed E-state index contributed by atoms with van der Waals surface area (Å²) in [5, 5.41) is -0.462. The van der Waals surface area contributed by atoms with Crippen LogP contribution in [0.1, 0.15) is 24.9 Å². The molecule has 1 aliphatic rings. The molecule has 1 amide bonds. The van der Waals surface area contributed by atoms with E-state index in [2.05, 4.69) is 0 Å². The van der Waals surface area contributed by atoms with E-state index in [1.807, 2.05) is 0 Å². The van der Waals surface area contributed by atoms with E-state index >= 15 is 0 Å². The molecule has 20 heavy (non-hydrogen) atoms. The molecule has 1 aliphatic heterocycles. The highest BCUT2D eigenvalue weighted by atomic mass is 35.5. The SMILES string of the molecule is CC(c1ccc(Cl)cc1Cl)N1CC(S(=O)(=O)F)CC1=O. The first-order valence-electron chi connectivity index (χ1n) is 5.88. The van der Waals surface area contributed by atoms with E-state index < -0.39 is 27.4 Å². The maximum Gasteiger partial charge on any atom is 0.307 e. The van der Waals surface area contributed by atoms with Gasteiger partial charge in [-0.15, -0.1) is 3.89 Å². The average Bonchev–Trinajstić information content (AvgIpc) is 2.70. The lowest BCUT2D eigenvalue weighted by atomic mass is 10.1. The Balaban J connectivity index is 2.26. The fourth-order valence-electron chi connectivity index (χ4n) is 2.27. The molecule has 2 atom stereocenters. The van der Waals surface area contributed by atoms with Crippen molar-refractivity contribution in [1.29, 1.82) is 0 Å². The van der Waals surface area contributed by atoms with Gasteiger partial charge in [-0.2, -0.15) is 8.42 Å². The summed E-state index contributed by atoms with van der Waals surface area (Å²) >= 11 is 11.9. The van der Waals surface area contributed by atoms with Crippen molar-refractivity contribution in [3.8, 4) is 0 Å². The summed E-state index contributed by atoms with van der Waals surface area (Å²) in [6.45, 7) is 1.54. The summed E-state index contributed by atoms with van der Waals surface area (Å²) in [4.78, 5) is 13.2. The zero-order valence-electron chi connectivity index (χ0n) is 10.5. The Hall–Kier alpha value is -0.850. The van der Waals surface area contributed by atoms with Gasteiger partial charge in [0, 0.05) is 23.0 Å². The van der Waals surface area contributed by atoms with Crippen molar-refractivity contribution in [3.05, 3.63) is 33.8 Å². The zero-order chi connectivity index (χ0) is 15.1. The van der Waals surface area contributed by atoms with Crippen LogP contribution in [0.3, 0.4) is 0 Å². The number of hydrogen-bond acceptors (Lipinski definition) is 3. The molecular formula is C12H12Cl2FNO3S. The molecular weight excluding hydrogens is 328 g/mol. The van der Waals surface area contributed by atoms with E-state index in [9.17, 15) is 17.1 Å². The number of hydrogen-bond donors (Lipinski definition) is 0. The third-order valence-electron chi connectivity index (χ3n) is 3.40. The summed E-state index contributed by atoms with van der Waals surface area (Å²) in [5.74, 6) is -0.408. The Kier molecular flexibility index (Phi) is 4.27. The first-order valence-corrected chi connectivity index (χ1v) is 8.08. The van der Waals surface area contributed by atoms with E-state index in [4.69, 9.17) is 23.2 Å². The summed E-state index contributed by atoms with van der Waals surface area (Å²) in [6.07, 6.45) is -0.339. The minimum Gasteiger partial charge on any atom is -0.334 e. The molecule has 0 bridgehead atoms. The lowest BCUT2D eigenvalue weighted by molar-refractivity contribution is -0.129. The molecule has 1 saturated heterocycles. The van der Waals surface area contributed by atoms with Crippen molar-refractivity contribution in [2.45, 2.75) is 24.6 Å². The molecule has 110 valence electrons. The Labute approximate surface area is 126 Å². The number of halogens is 3. The van der Waals surface area contributed by atoms with Crippen molar-refractivity contribution in [1.82, 2.24) is 4.90 Å². The number of nitrogens with zero attached hydrogens (tertiary/aromatic N) is 1. The molecule has 2 unspecified atom stereocenters. The fourth-order valence-corrected chi connectivity index (χ4v) is 3.52. The Morgan fingerprint density at radius 2 is 2.05 bits per heavy atom. The minimum atomic E-state index is -4.72. The topological polar surface area (TPSA) is 54.5 Å². The predicted molar refractivity (Wildman–Crippen MR) is 75.0 cm³/mol. The lowest BCUT2D eigenvalue weighted by Crippen LogP contribution is -2.30. The normalized spacial score (nSPS) is 21.3. The second-order valence-corrected chi connectivity index (χ2v) is 7.15. The predicted octanol–water partition coefficient (Wildman–Crippen LogP) is 2.95. The van der Waals surface area contributed by atoms with E-state index in [0.717, 1.165) is 0 Å². The molecule has 1 aromatic carbocycles. The standard InChI is InChI=1S/C12H12Cl2FNO3S/c1-7(10-3-2-8(13)4-11(10)14)16-6-9(5-12(16)17)20(15,18)19/h2-4,7,9H,5-6H2,1H3. The quantitative estimate of drug-likeness (QED) is 0.795. The highest BCUT2D eigenvalue weighted by molar-refractivity contribution is 7.87. The molecule has 1 aromatic rings. The van der Waals surface area contributed by atoms with Gasteiger partial charge in [0.15, 0.2) is 0 Å². The van der Waals surface area contributed by atoms with Crippen LogP contribution in [0.5, 0.6) is 0 Å². The van der Waals surface area contributed by atoms with Gasteiger partial charge in [0.25, 0.3) is 0 Å². The first kappa shape index (κ1) is 15.5. The Bertz CT molecular complexity index is 650. The molecule has 0 aliphatic carbocycles. The fraction of sp³-hybridized carbons (Fsp3) is 0.417. The molecule has 0 saturated carbocycles. The maximum atomic E-state index is 13.0. The number of carbonyl (C=O) groups excluding carboxylic acids is 1. The van der Waals surface area contributed by atoms with Crippen molar-refractivity contribution < 1.29 is 17.1 Å². The van der Waals surface area contributed by atoms with Crippen molar-refractivity contribution in [2.75, 3.05) is 6.54 Å². The van der Waals surface area contributed by atoms with Gasteiger partial charge in [-0.3, -0.25) is 4.79 Å². The van der Waals surface area contributed by atoms with Gasteiger partial charge in [-0.05, 0) is 24.6 Å². The first-order chi connectivity index (χ1) is 9.20. The molecule has 0 aromatic heterocycles. The highest BCUT2D eigenvalue weighted by Gasteiger charge is 2.40. The highest BCUT2D eigenvalue weighted by Crippen LogP contribution is 2.33. The number of amides is 1. The van der Waals surface area contributed by atoms with Crippen LogP contribution in [0, 0.1) is 0 Å². The van der Waals surface area contributed by atoms with Crippen LogP contribution in [0.25, 0.3) is 0 Å². The monoisotopic (exact) mass is 339 g/mol. The maximum absolute atomic E-state index is 13.0. The van der Waals surface area contributed by atoms with Crippen molar-refractivity contribution in [3.63, 3.8) is 0 Å². The summed E-state index contributed by atoms with van der Waals surface area (Å²) in [5.41, 5.74) is 0.640. The summed E-state index contributed by atoms with van der Waals surface area (Å²) < 4.78 is 34.8. The summed E-state index contributed by atoms with van der Waals surface area (Å²) in [7, 11) is -4.72. The van der Waals surface area contributed by atoms with Crippen molar-refractivity contribution in [2.24, 2.45) is 0 Å². The van der Waals surface area contributed by atoms with Gasteiger partial charge >= 0.3 is 10.2 Å². The van der Waals surface area contributed by atoms with Crippen LogP contribution in [0.4, 0.5) is 3.89 Å². The molecule has 1 fully saturated rings. The van der Waals surface area contributed by atoms with Gasteiger partial charge in [-0.25, -0.2) is 0 Å². The second-order valence-electron chi connectivity index (χ2n) is 4.69. The van der Waals surface area contributed by atoms with Gasteiger partial charge in [0.05, 0.1) is 6.04 Å². The van der Waals surface area contributed by atoms with Crippen LogP contribution in [0.15, 0.2) is 18.2 Å². The second kappa shape index (κ2) is 5.50. The van der Waals surface area contributed by atoms with E-state index in [1.165, 1.54) is 4.90 Å². The van der Waals surface area contributed by atoms with Gasteiger partial charge in [0.1, 0.15) is 5.25 Å². The number of benzene rings is 1. The third kappa shape index (κ3) is 3.07. The molecule has 0 radical (unpaired) electrons. The van der Waals surface area contributed by atoms with E-state index in [0.29, 0.717) is 15.6 Å². The van der Waals surface area contributed by atoms with Gasteiger partial charge < -0.3 is 4.90 Å². The van der Waals surface area contributed by atoms with Crippen LogP contribution < -0.4 is 0 Å². The van der Waals surface area contributed by atoms with E-state index in [1.54, 1.807) is 25.1 Å². The molecule has 0 spiro atoms. The lowest BCUT2D eigenvalue weighted by Gasteiger charge is -2.25. The van der Waals surface area contributed by atoms with Crippen LogP contribution in [0.2, 0.25) is 10.0 Å². The average molecular weight is 340 g/mol. The van der Waals surface area contributed by atoms with Crippen molar-refractivity contribution >= 4 is 39.3 Å².